The van der Waals surface area contributed by atoms with Gasteiger partial charge in [-0.15, -0.1) is 0 Å². The van der Waals surface area contributed by atoms with Crippen LogP contribution in [0.1, 0.15) is 50.7 Å². The fourth-order valence-electron chi connectivity index (χ4n) is 4.75. The third-order valence-electron chi connectivity index (χ3n) is 6.26. The maximum Gasteiger partial charge on any atom is 0.213 e. The highest BCUT2D eigenvalue weighted by Crippen LogP contribution is 2.36. The first-order chi connectivity index (χ1) is 15.0. The minimum absolute atomic E-state index is 0.424. The highest BCUT2D eigenvalue weighted by atomic mass is 15.1. The van der Waals surface area contributed by atoms with Gasteiger partial charge in [-0.3, -0.25) is 4.40 Å². The van der Waals surface area contributed by atoms with Crippen LogP contribution in [-0.4, -0.2) is 24.3 Å². The van der Waals surface area contributed by atoms with Crippen molar-refractivity contribution < 1.29 is 0 Å². The summed E-state index contributed by atoms with van der Waals surface area (Å²) in [6.45, 7) is 8.98. The largest absolute Gasteiger partial charge is 0.338 e. The molecule has 3 heterocycles. The lowest BCUT2D eigenvalue weighted by atomic mass is 9.88. The third-order valence-corrected chi connectivity index (χ3v) is 6.26. The smallest absolute Gasteiger partial charge is 0.213 e. The number of para-hydroxylation sites is 2. The van der Waals surface area contributed by atoms with Crippen LogP contribution in [0, 0.1) is 0 Å². The first-order valence-electron chi connectivity index (χ1n) is 10.9. The molecular formula is C26H25N5. The Morgan fingerprint density at radius 1 is 0.710 bits per heavy atom. The summed E-state index contributed by atoms with van der Waals surface area (Å²) in [5, 5.41) is 0. The standard InChI is InChI=1S/C26H25N5/c1-14(2)16-8-7-9-17(15(3)4)24(16)25-27-19-12-21-23(13-20(19)28-25)31-22-11-6-5-10-18(22)29-26(31)30-21/h5-15H,1-4H3,(H,27,28)(H,29,30). The molecule has 31 heavy (non-hydrogen) atoms. The van der Waals surface area contributed by atoms with Gasteiger partial charge in [0.1, 0.15) is 5.82 Å². The van der Waals surface area contributed by atoms with Crippen molar-refractivity contribution in [3.8, 4) is 11.4 Å². The van der Waals surface area contributed by atoms with E-state index in [2.05, 4.69) is 84.5 Å². The molecule has 0 saturated carbocycles. The zero-order valence-electron chi connectivity index (χ0n) is 18.2. The normalized spacial score (nSPS) is 12.5. The number of benzene rings is 3. The second kappa shape index (κ2) is 6.45. The van der Waals surface area contributed by atoms with E-state index < -0.39 is 0 Å². The molecule has 6 rings (SSSR count). The number of nitrogens with one attached hydrogen (secondary N) is 2. The average Bonchev–Trinajstić information content (AvgIpc) is 3.41. The summed E-state index contributed by atoms with van der Waals surface area (Å²) in [5.41, 5.74) is 10.1. The van der Waals surface area contributed by atoms with Gasteiger partial charge >= 0.3 is 0 Å². The molecular weight excluding hydrogens is 382 g/mol. The summed E-state index contributed by atoms with van der Waals surface area (Å²) < 4.78 is 2.18. The van der Waals surface area contributed by atoms with E-state index in [-0.39, 0.29) is 0 Å². The van der Waals surface area contributed by atoms with E-state index >= 15 is 0 Å². The summed E-state index contributed by atoms with van der Waals surface area (Å²) >= 11 is 0. The Hall–Kier alpha value is -3.60. The van der Waals surface area contributed by atoms with Gasteiger partial charge in [0.2, 0.25) is 5.78 Å². The Kier molecular flexibility index (Phi) is 3.78. The maximum absolute atomic E-state index is 5.07. The van der Waals surface area contributed by atoms with Crippen molar-refractivity contribution >= 4 is 38.9 Å². The van der Waals surface area contributed by atoms with Crippen molar-refractivity contribution in [2.24, 2.45) is 0 Å². The molecule has 3 aromatic heterocycles. The van der Waals surface area contributed by atoms with Crippen molar-refractivity contribution in [2.45, 2.75) is 39.5 Å². The van der Waals surface area contributed by atoms with Crippen LogP contribution in [0.5, 0.6) is 0 Å². The summed E-state index contributed by atoms with van der Waals surface area (Å²) in [6.07, 6.45) is 0. The van der Waals surface area contributed by atoms with Gasteiger partial charge in [0.15, 0.2) is 0 Å². The van der Waals surface area contributed by atoms with Crippen LogP contribution < -0.4 is 0 Å². The van der Waals surface area contributed by atoms with Gasteiger partial charge in [-0.05, 0) is 47.2 Å². The molecule has 0 fully saturated rings. The first-order valence-corrected chi connectivity index (χ1v) is 10.9. The van der Waals surface area contributed by atoms with Crippen LogP contribution in [-0.2, 0) is 0 Å². The quantitative estimate of drug-likeness (QED) is 0.340. The average molecular weight is 408 g/mol. The van der Waals surface area contributed by atoms with Gasteiger partial charge in [-0.25, -0.2) is 9.97 Å². The Labute approximate surface area is 180 Å². The zero-order chi connectivity index (χ0) is 21.3. The van der Waals surface area contributed by atoms with E-state index in [1.807, 2.05) is 12.1 Å². The monoisotopic (exact) mass is 407 g/mol. The number of imidazole rings is 3. The second-order valence-electron chi connectivity index (χ2n) is 8.98. The Bertz CT molecular complexity index is 1570. The Morgan fingerprint density at radius 2 is 1.45 bits per heavy atom. The lowest BCUT2D eigenvalue weighted by Gasteiger charge is -2.17. The number of hydrogen-bond acceptors (Lipinski definition) is 2. The van der Waals surface area contributed by atoms with Crippen LogP contribution >= 0.6 is 0 Å². The molecule has 154 valence electrons. The van der Waals surface area contributed by atoms with Crippen LogP contribution in [0.4, 0.5) is 0 Å². The number of fused-ring (bicyclic) bond motifs is 6. The molecule has 0 saturated heterocycles. The lowest BCUT2D eigenvalue weighted by Crippen LogP contribution is -2.00. The summed E-state index contributed by atoms with van der Waals surface area (Å²) in [4.78, 5) is 16.9. The van der Waals surface area contributed by atoms with Gasteiger partial charge in [0.25, 0.3) is 0 Å². The number of hydrogen-bond donors (Lipinski definition) is 2. The molecule has 5 heteroatoms. The minimum Gasteiger partial charge on any atom is -0.338 e. The van der Waals surface area contributed by atoms with Crippen LogP contribution in [0.25, 0.3) is 50.3 Å². The third kappa shape index (κ3) is 2.62. The lowest BCUT2D eigenvalue weighted by molar-refractivity contribution is 0.835. The van der Waals surface area contributed by atoms with E-state index in [0.29, 0.717) is 11.8 Å². The maximum atomic E-state index is 5.07. The van der Waals surface area contributed by atoms with Crippen LogP contribution in [0.2, 0.25) is 0 Å². The Balaban J connectivity index is 1.63. The number of rotatable bonds is 3. The van der Waals surface area contributed by atoms with Crippen molar-refractivity contribution in [3.05, 3.63) is 65.7 Å². The fourth-order valence-corrected chi connectivity index (χ4v) is 4.75. The van der Waals surface area contributed by atoms with Crippen molar-refractivity contribution in [1.29, 1.82) is 0 Å². The minimum atomic E-state index is 0.424. The number of nitrogens with zero attached hydrogens (tertiary/aromatic N) is 3. The number of aromatic nitrogens is 5. The SMILES string of the molecule is CC(C)c1cccc(C(C)C)c1-c1nc2cc3c(cc2[nH]1)[nH]c1nc2ccccc2n13. The van der Waals surface area contributed by atoms with Gasteiger partial charge in [0.05, 0.1) is 33.1 Å². The number of aromatic amines is 2. The predicted molar refractivity (Wildman–Crippen MR) is 128 cm³/mol. The van der Waals surface area contributed by atoms with E-state index in [9.17, 15) is 0 Å². The summed E-state index contributed by atoms with van der Waals surface area (Å²) in [5.74, 6) is 2.65. The van der Waals surface area contributed by atoms with E-state index in [1.165, 1.54) is 16.7 Å². The molecule has 0 aliphatic heterocycles. The van der Waals surface area contributed by atoms with E-state index in [1.54, 1.807) is 0 Å². The second-order valence-corrected chi connectivity index (χ2v) is 8.98. The summed E-state index contributed by atoms with van der Waals surface area (Å²) in [6, 6.07) is 19.2. The molecule has 5 nitrogen and oxygen atoms in total. The molecule has 0 aliphatic carbocycles. The van der Waals surface area contributed by atoms with Gasteiger partial charge in [-0.1, -0.05) is 58.0 Å². The van der Waals surface area contributed by atoms with Crippen LogP contribution in [0.15, 0.2) is 54.6 Å². The van der Waals surface area contributed by atoms with Gasteiger partial charge in [-0.2, -0.15) is 0 Å². The van der Waals surface area contributed by atoms with Crippen molar-refractivity contribution in [1.82, 2.24) is 24.3 Å². The summed E-state index contributed by atoms with van der Waals surface area (Å²) in [7, 11) is 0. The molecule has 0 amide bonds. The fraction of sp³-hybridized carbons (Fsp3) is 0.231. The van der Waals surface area contributed by atoms with Crippen molar-refractivity contribution in [3.63, 3.8) is 0 Å². The van der Waals surface area contributed by atoms with Gasteiger partial charge < -0.3 is 9.97 Å². The zero-order valence-corrected chi connectivity index (χ0v) is 18.2. The molecule has 0 unspecified atom stereocenters. The first kappa shape index (κ1) is 18.2. The predicted octanol–water partition coefficient (Wildman–Crippen LogP) is 6.76. The molecule has 0 bridgehead atoms. The molecule has 0 atom stereocenters. The van der Waals surface area contributed by atoms with Gasteiger partial charge in [0, 0.05) is 5.56 Å². The molecule has 2 N–H and O–H groups in total. The van der Waals surface area contributed by atoms with Crippen molar-refractivity contribution in [2.75, 3.05) is 0 Å². The highest BCUT2D eigenvalue weighted by molar-refractivity contribution is 5.97. The molecule has 0 radical (unpaired) electrons. The van der Waals surface area contributed by atoms with E-state index in [0.717, 1.165) is 44.7 Å². The topological polar surface area (TPSA) is 61.8 Å². The Morgan fingerprint density at radius 3 is 2.19 bits per heavy atom. The molecule has 3 aromatic carbocycles. The molecule has 0 aliphatic rings. The van der Waals surface area contributed by atoms with E-state index in [4.69, 9.17) is 9.97 Å². The molecule has 0 spiro atoms. The number of H-pyrrole nitrogens is 2. The molecule has 6 aromatic rings. The van der Waals surface area contributed by atoms with Crippen LogP contribution in [0.3, 0.4) is 0 Å². The highest BCUT2D eigenvalue weighted by Gasteiger charge is 2.19.